The Morgan fingerprint density at radius 2 is 1.71 bits per heavy atom. The molecule has 2 aliphatic carbocycles. The summed E-state index contributed by atoms with van der Waals surface area (Å²) in [5.74, 6) is 0.190. The molecule has 1 fully saturated rings. The van der Waals surface area contributed by atoms with Crippen molar-refractivity contribution in [3.05, 3.63) is 12.2 Å². The normalized spacial score (nSPS) is 30.9. The van der Waals surface area contributed by atoms with Gasteiger partial charge in [-0.1, -0.05) is 44.3 Å². The third-order valence-corrected chi connectivity index (χ3v) is 3.91. The Bertz CT molecular complexity index is 280. The largest absolute Gasteiger partial charge is 0.353 e. The molecule has 3 nitrogen and oxygen atoms in total. The number of amides is 1. The van der Waals surface area contributed by atoms with Gasteiger partial charge < -0.3 is 11.1 Å². The minimum absolute atomic E-state index is 0.00967. The van der Waals surface area contributed by atoms with E-state index in [1.807, 2.05) is 12.2 Å². The molecule has 0 aromatic carbocycles. The first-order chi connectivity index (χ1) is 8.25. The van der Waals surface area contributed by atoms with Crippen LogP contribution < -0.4 is 11.1 Å². The second-order valence-electron chi connectivity index (χ2n) is 5.44. The molecule has 0 aromatic rings. The van der Waals surface area contributed by atoms with E-state index in [9.17, 15) is 4.79 Å². The van der Waals surface area contributed by atoms with Crippen LogP contribution in [-0.2, 0) is 4.79 Å². The molecule has 96 valence electrons. The summed E-state index contributed by atoms with van der Waals surface area (Å²) in [6.45, 7) is 0. The lowest BCUT2D eigenvalue weighted by Crippen LogP contribution is -2.39. The number of nitrogens with two attached hydrogens (primary N) is 1. The molecule has 0 aliphatic heterocycles. The van der Waals surface area contributed by atoms with E-state index in [1.54, 1.807) is 0 Å². The van der Waals surface area contributed by atoms with Gasteiger partial charge in [0.15, 0.2) is 0 Å². The molecule has 0 spiro atoms. The van der Waals surface area contributed by atoms with E-state index in [4.69, 9.17) is 5.73 Å². The molecule has 0 radical (unpaired) electrons. The molecule has 1 amide bonds. The van der Waals surface area contributed by atoms with Gasteiger partial charge in [0, 0.05) is 12.1 Å². The van der Waals surface area contributed by atoms with Crippen molar-refractivity contribution in [1.29, 1.82) is 0 Å². The highest BCUT2D eigenvalue weighted by Gasteiger charge is 2.24. The molecule has 3 heteroatoms. The fourth-order valence-electron chi connectivity index (χ4n) is 2.83. The number of hydrogen-bond donors (Lipinski definition) is 2. The maximum absolute atomic E-state index is 12.0. The number of carbonyl (C=O) groups is 1. The van der Waals surface area contributed by atoms with Crippen molar-refractivity contribution >= 4 is 5.91 Å². The number of carbonyl (C=O) groups excluding carboxylic acids is 1. The van der Waals surface area contributed by atoms with Gasteiger partial charge in [0.1, 0.15) is 0 Å². The van der Waals surface area contributed by atoms with Crippen LogP contribution in [-0.4, -0.2) is 18.0 Å². The van der Waals surface area contributed by atoms with Gasteiger partial charge in [0.2, 0.25) is 5.91 Å². The summed E-state index contributed by atoms with van der Waals surface area (Å²) < 4.78 is 0. The van der Waals surface area contributed by atoms with Crippen molar-refractivity contribution in [3.63, 3.8) is 0 Å². The molecule has 3 N–H and O–H groups in total. The van der Waals surface area contributed by atoms with Gasteiger partial charge in [-0.3, -0.25) is 4.79 Å². The Balaban J connectivity index is 1.78. The molecule has 0 heterocycles. The molecule has 2 rings (SSSR count). The lowest BCUT2D eigenvalue weighted by Gasteiger charge is -2.22. The third-order valence-electron chi connectivity index (χ3n) is 3.91. The predicted octanol–water partition coefficient (Wildman–Crippen LogP) is 2.12. The summed E-state index contributed by atoms with van der Waals surface area (Å²) in [5, 5.41) is 3.20. The zero-order valence-corrected chi connectivity index (χ0v) is 10.5. The van der Waals surface area contributed by atoms with Crippen LogP contribution in [0, 0.1) is 5.92 Å². The number of rotatable bonds is 2. The maximum atomic E-state index is 12.0. The van der Waals surface area contributed by atoms with Crippen LogP contribution in [0.5, 0.6) is 0 Å². The minimum atomic E-state index is 0.00967. The molecule has 0 saturated heterocycles. The van der Waals surface area contributed by atoms with Gasteiger partial charge in [0.25, 0.3) is 0 Å². The zero-order chi connectivity index (χ0) is 12.1. The Labute approximate surface area is 104 Å². The van der Waals surface area contributed by atoms with E-state index in [2.05, 4.69) is 5.32 Å². The fraction of sp³-hybridized carbons (Fsp3) is 0.786. The van der Waals surface area contributed by atoms with E-state index in [0.717, 1.165) is 19.3 Å². The van der Waals surface area contributed by atoms with Gasteiger partial charge in [0.05, 0.1) is 5.92 Å². The predicted molar refractivity (Wildman–Crippen MR) is 69.5 cm³/mol. The maximum Gasteiger partial charge on any atom is 0.227 e. The number of nitrogens with one attached hydrogen (secondary N) is 1. The van der Waals surface area contributed by atoms with E-state index < -0.39 is 0 Å². The third kappa shape index (κ3) is 3.84. The molecule has 0 bridgehead atoms. The standard InChI is InChI=1S/C14H24N2O/c15-12-9-8-11(10-12)14(17)16-13-6-4-2-1-3-5-7-13/h8-9,11-13H,1-7,10,15H2,(H,16,17). The van der Waals surface area contributed by atoms with Crippen molar-refractivity contribution in [2.24, 2.45) is 11.7 Å². The van der Waals surface area contributed by atoms with Crippen LogP contribution in [0.1, 0.15) is 51.4 Å². The Kier molecular flexibility index (Phi) is 4.60. The van der Waals surface area contributed by atoms with Crippen molar-refractivity contribution in [2.75, 3.05) is 0 Å². The first-order valence-electron chi connectivity index (χ1n) is 7.00. The Morgan fingerprint density at radius 1 is 1.06 bits per heavy atom. The minimum Gasteiger partial charge on any atom is -0.353 e. The molecular weight excluding hydrogens is 212 g/mol. The van der Waals surface area contributed by atoms with Crippen LogP contribution in [0.4, 0.5) is 0 Å². The first kappa shape index (κ1) is 12.6. The highest BCUT2D eigenvalue weighted by Crippen LogP contribution is 2.20. The molecule has 2 atom stereocenters. The molecule has 2 unspecified atom stereocenters. The van der Waals surface area contributed by atoms with Gasteiger partial charge in [-0.2, -0.15) is 0 Å². The van der Waals surface area contributed by atoms with Crippen LogP contribution in [0.2, 0.25) is 0 Å². The van der Waals surface area contributed by atoms with Crippen LogP contribution in [0.15, 0.2) is 12.2 Å². The van der Waals surface area contributed by atoms with Crippen molar-refractivity contribution < 1.29 is 4.79 Å². The molecule has 1 saturated carbocycles. The van der Waals surface area contributed by atoms with Crippen LogP contribution in [0.25, 0.3) is 0 Å². The average Bonchev–Trinajstić information content (AvgIpc) is 2.68. The average molecular weight is 236 g/mol. The molecular formula is C14H24N2O. The van der Waals surface area contributed by atoms with Gasteiger partial charge in [-0.15, -0.1) is 0 Å². The Morgan fingerprint density at radius 3 is 2.29 bits per heavy atom. The monoisotopic (exact) mass is 236 g/mol. The Hall–Kier alpha value is -0.830. The number of hydrogen-bond acceptors (Lipinski definition) is 2. The lowest BCUT2D eigenvalue weighted by atomic mass is 9.96. The fourth-order valence-corrected chi connectivity index (χ4v) is 2.83. The first-order valence-corrected chi connectivity index (χ1v) is 7.00. The van der Waals surface area contributed by atoms with E-state index in [0.29, 0.717) is 6.04 Å². The van der Waals surface area contributed by atoms with Crippen molar-refractivity contribution in [1.82, 2.24) is 5.32 Å². The summed E-state index contributed by atoms with van der Waals surface area (Å²) in [7, 11) is 0. The van der Waals surface area contributed by atoms with E-state index in [1.165, 1.54) is 32.1 Å². The van der Waals surface area contributed by atoms with Crippen molar-refractivity contribution in [2.45, 2.75) is 63.5 Å². The smallest absolute Gasteiger partial charge is 0.227 e. The summed E-state index contributed by atoms with van der Waals surface area (Å²) in [4.78, 5) is 12.0. The second-order valence-corrected chi connectivity index (χ2v) is 5.44. The summed E-state index contributed by atoms with van der Waals surface area (Å²) in [6, 6.07) is 0.469. The summed E-state index contributed by atoms with van der Waals surface area (Å²) in [5.41, 5.74) is 5.77. The summed E-state index contributed by atoms with van der Waals surface area (Å²) in [6.07, 6.45) is 13.5. The van der Waals surface area contributed by atoms with E-state index >= 15 is 0 Å². The molecule has 0 aromatic heterocycles. The second kappa shape index (κ2) is 6.20. The topological polar surface area (TPSA) is 55.1 Å². The van der Waals surface area contributed by atoms with E-state index in [-0.39, 0.29) is 17.9 Å². The molecule has 2 aliphatic rings. The van der Waals surface area contributed by atoms with Crippen LogP contribution >= 0.6 is 0 Å². The lowest BCUT2D eigenvalue weighted by molar-refractivity contribution is -0.124. The van der Waals surface area contributed by atoms with Crippen LogP contribution in [0.3, 0.4) is 0 Å². The highest BCUT2D eigenvalue weighted by molar-refractivity contribution is 5.81. The van der Waals surface area contributed by atoms with Gasteiger partial charge in [-0.25, -0.2) is 0 Å². The molecule has 17 heavy (non-hydrogen) atoms. The highest BCUT2D eigenvalue weighted by atomic mass is 16.1. The SMILES string of the molecule is NC1C=CC(C(=O)NC2CCCCCCC2)C1. The van der Waals surface area contributed by atoms with Gasteiger partial charge >= 0.3 is 0 Å². The van der Waals surface area contributed by atoms with Crippen molar-refractivity contribution in [3.8, 4) is 0 Å². The zero-order valence-electron chi connectivity index (χ0n) is 10.5. The van der Waals surface area contributed by atoms with Gasteiger partial charge in [-0.05, 0) is 19.3 Å². The quantitative estimate of drug-likeness (QED) is 0.722. The summed E-state index contributed by atoms with van der Waals surface area (Å²) >= 11 is 0.